The summed E-state index contributed by atoms with van der Waals surface area (Å²) in [4.78, 5) is 11.8. The number of hydrogen-bond acceptors (Lipinski definition) is 4. The molecular formula is C15H22O4. The monoisotopic (exact) mass is 266 g/mol. The summed E-state index contributed by atoms with van der Waals surface area (Å²) >= 11 is 0. The Labute approximate surface area is 114 Å². The van der Waals surface area contributed by atoms with Gasteiger partial charge >= 0.3 is 5.97 Å². The zero-order valence-electron chi connectivity index (χ0n) is 12.2. The highest BCUT2D eigenvalue weighted by molar-refractivity contribution is 5.78. The van der Waals surface area contributed by atoms with Gasteiger partial charge in [-0.05, 0) is 30.9 Å². The van der Waals surface area contributed by atoms with Crippen molar-refractivity contribution in [1.82, 2.24) is 0 Å². The van der Waals surface area contributed by atoms with Gasteiger partial charge in [-0.3, -0.25) is 0 Å². The zero-order chi connectivity index (χ0) is 14.6. The fourth-order valence-electron chi connectivity index (χ4n) is 2.12. The molecule has 0 heterocycles. The van der Waals surface area contributed by atoms with E-state index in [0.717, 1.165) is 11.1 Å². The highest BCUT2D eigenvalue weighted by Gasteiger charge is 2.27. The van der Waals surface area contributed by atoms with Crippen LogP contribution in [0.15, 0.2) is 12.1 Å². The van der Waals surface area contributed by atoms with Crippen molar-refractivity contribution in [2.75, 3.05) is 13.7 Å². The Morgan fingerprint density at radius 3 is 2.47 bits per heavy atom. The average Bonchev–Trinajstić information content (AvgIpc) is 2.37. The lowest BCUT2D eigenvalue weighted by Crippen LogP contribution is -2.18. The molecule has 0 aliphatic heterocycles. The normalized spacial score (nSPS) is 12.4. The van der Waals surface area contributed by atoms with Gasteiger partial charge in [-0.1, -0.05) is 26.0 Å². The highest BCUT2D eigenvalue weighted by Crippen LogP contribution is 2.36. The first-order valence-corrected chi connectivity index (χ1v) is 6.46. The number of methoxy groups -OCH3 is 1. The number of hydrogen-bond donors (Lipinski definition) is 1. The fourth-order valence-corrected chi connectivity index (χ4v) is 2.12. The third-order valence-electron chi connectivity index (χ3n) is 3.04. The van der Waals surface area contributed by atoms with Gasteiger partial charge in [0.05, 0.1) is 13.7 Å². The lowest BCUT2D eigenvalue weighted by molar-refractivity contribution is -0.153. The largest absolute Gasteiger partial charge is 0.496 e. The van der Waals surface area contributed by atoms with Crippen LogP contribution in [0, 0.1) is 6.92 Å². The van der Waals surface area contributed by atoms with Gasteiger partial charge in [0.2, 0.25) is 0 Å². The SMILES string of the molecule is CCOC(=O)C(O)c1c(C(C)C)ccc(C)c1OC. The molecule has 1 aromatic carbocycles. The molecule has 0 aliphatic carbocycles. The van der Waals surface area contributed by atoms with Crippen molar-refractivity contribution in [3.63, 3.8) is 0 Å². The Bertz CT molecular complexity index is 452. The number of benzene rings is 1. The molecule has 4 nitrogen and oxygen atoms in total. The van der Waals surface area contributed by atoms with E-state index in [2.05, 4.69) is 0 Å². The minimum atomic E-state index is -1.31. The van der Waals surface area contributed by atoms with E-state index < -0.39 is 12.1 Å². The second kappa shape index (κ2) is 6.57. The molecule has 0 radical (unpaired) electrons. The Hall–Kier alpha value is -1.55. The van der Waals surface area contributed by atoms with Gasteiger partial charge < -0.3 is 14.6 Å². The number of carbonyl (C=O) groups excluding carboxylic acids is 1. The lowest BCUT2D eigenvalue weighted by atomic mass is 9.91. The summed E-state index contributed by atoms with van der Waals surface area (Å²) in [6.45, 7) is 7.84. The third kappa shape index (κ3) is 3.26. The molecule has 1 rings (SSSR count). The molecule has 106 valence electrons. The van der Waals surface area contributed by atoms with E-state index in [1.54, 1.807) is 6.92 Å². The number of rotatable bonds is 5. The summed E-state index contributed by atoms with van der Waals surface area (Å²) < 4.78 is 10.2. The molecule has 1 N–H and O–H groups in total. The maximum atomic E-state index is 11.8. The van der Waals surface area contributed by atoms with E-state index in [0.29, 0.717) is 11.3 Å². The van der Waals surface area contributed by atoms with Gasteiger partial charge in [-0.2, -0.15) is 0 Å². The van der Waals surface area contributed by atoms with Crippen molar-refractivity contribution in [2.45, 2.75) is 39.7 Å². The van der Waals surface area contributed by atoms with E-state index in [1.807, 2.05) is 32.9 Å². The van der Waals surface area contributed by atoms with Gasteiger partial charge in [0, 0.05) is 5.56 Å². The van der Waals surface area contributed by atoms with Gasteiger partial charge in [0.15, 0.2) is 6.10 Å². The van der Waals surface area contributed by atoms with Crippen LogP contribution in [0.25, 0.3) is 0 Å². The summed E-state index contributed by atoms with van der Waals surface area (Å²) in [5.41, 5.74) is 2.28. The van der Waals surface area contributed by atoms with Crippen molar-refractivity contribution in [1.29, 1.82) is 0 Å². The average molecular weight is 266 g/mol. The maximum absolute atomic E-state index is 11.8. The number of aryl methyl sites for hydroxylation is 1. The molecule has 0 saturated carbocycles. The first kappa shape index (κ1) is 15.5. The molecule has 0 aliphatic rings. The summed E-state index contributed by atoms with van der Waals surface area (Å²) in [6.07, 6.45) is -1.31. The Kier molecular flexibility index (Phi) is 5.36. The highest BCUT2D eigenvalue weighted by atomic mass is 16.5. The first-order valence-electron chi connectivity index (χ1n) is 6.46. The molecule has 0 saturated heterocycles. The Balaban J connectivity index is 3.36. The topological polar surface area (TPSA) is 55.8 Å². The molecule has 0 amide bonds. The third-order valence-corrected chi connectivity index (χ3v) is 3.04. The number of aliphatic hydroxyl groups excluding tert-OH is 1. The van der Waals surface area contributed by atoms with Crippen LogP contribution in [0.3, 0.4) is 0 Å². The van der Waals surface area contributed by atoms with E-state index >= 15 is 0 Å². The Morgan fingerprint density at radius 1 is 1.37 bits per heavy atom. The molecule has 4 heteroatoms. The van der Waals surface area contributed by atoms with Crippen LogP contribution in [0.2, 0.25) is 0 Å². The lowest BCUT2D eigenvalue weighted by Gasteiger charge is -2.21. The van der Waals surface area contributed by atoms with Crippen molar-refractivity contribution in [3.05, 3.63) is 28.8 Å². The van der Waals surface area contributed by atoms with E-state index in [9.17, 15) is 9.90 Å². The summed E-state index contributed by atoms with van der Waals surface area (Å²) in [7, 11) is 1.54. The standard InChI is InChI=1S/C15H22O4/c1-6-19-15(17)13(16)12-11(9(2)3)8-7-10(4)14(12)18-5/h7-9,13,16H,6H2,1-5H3. The van der Waals surface area contributed by atoms with Crippen molar-refractivity contribution in [2.24, 2.45) is 0 Å². The van der Waals surface area contributed by atoms with Crippen molar-refractivity contribution < 1.29 is 19.4 Å². The summed E-state index contributed by atoms with van der Waals surface area (Å²) in [5, 5.41) is 10.2. The van der Waals surface area contributed by atoms with Crippen LogP contribution < -0.4 is 4.74 Å². The van der Waals surface area contributed by atoms with Gasteiger partial charge in [0.1, 0.15) is 5.75 Å². The summed E-state index contributed by atoms with van der Waals surface area (Å²) in [5.74, 6) is 0.0774. The van der Waals surface area contributed by atoms with E-state index in [-0.39, 0.29) is 12.5 Å². The van der Waals surface area contributed by atoms with Crippen LogP contribution in [-0.4, -0.2) is 24.8 Å². The van der Waals surface area contributed by atoms with Crippen LogP contribution in [-0.2, 0) is 9.53 Å². The number of esters is 1. The zero-order valence-corrected chi connectivity index (χ0v) is 12.2. The number of aliphatic hydroxyl groups is 1. The van der Waals surface area contributed by atoms with Crippen LogP contribution >= 0.6 is 0 Å². The molecule has 0 fully saturated rings. The maximum Gasteiger partial charge on any atom is 0.339 e. The minimum absolute atomic E-state index is 0.175. The van der Waals surface area contributed by atoms with Crippen molar-refractivity contribution >= 4 is 5.97 Å². The molecule has 0 aromatic heterocycles. The van der Waals surface area contributed by atoms with Crippen LogP contribution in [0.4, 0.5) is 0 Å². The molecule has 1 atom stereocenters. The molecule has 1 aromatic rings. The molecular weight excluding hydrogens is 244 g/mol. The summed E-state index contributed by atoms with van der Waals surface area (Å²) in [6, 6.07) is 3.84. The van der Waals surface area contributed by atoms with Gasteiger partial charge in [-0.15, -0.1) is 0 Å². The van der Waals surface area contributed by atoms with E-state index in [4.69, 9.17) is 9.47 Å². The Morgan fingerprint density at radius 2 is 2.00 bits per heavy atom. The van der Waals surface area contributed by atoms with Crippen molar-refractivity contribution in [3.8, 4) is 5.75 Å². The van der Waals surface area contributed by atoms with Gasteiger partial charge in [0.25, 0.3) is 0 Å². The minimum Gasteiger partial charge on any atom is -0.496 e. The molecule has 0 spiro atoms. The second-order valence-electron chi connectivity index (χ2n) is 4.73. The molecule has 1 unspecified atom stereocenters. The molecule has 19 heavy (non-hydrogen) atoms. The van der Waals surface area contributed by atoms with Crippen LogP contribution in [0.5, 0.6) is 5.75 Å². The van der Waals surface area contributed by atoms with E-state index in [1.165, 1.54) is 7.11 Å². The second-order valence-corrected chi connectivity index (χ2v) is 4.73. The molecule has 0 bridgehead atoms. The fraction of sp³-hybridized carbons (Fsp3) is 0.533. The number of ether oxygens (including phenoxy) is 2. The van der Waals surface area contributed by atoms with Crippen LogP contribution in [0.1, 0.15) is 49.5 Å². The smallest absolute Gasteiger partial charge is 0.339 e. The predicted molar refractivity (Wildman–Crippen MR) is 73.4 cm³/mol. The first-order chi connectivity index (χ1) is 8.93. The quantitative estimate of drug-likeness (QED) is 0.833. The predicted octanol–water partition coefficient (Wildman–Crippen LogP) is 2.72. The van der Waals surface area contributed by atoms with Gasteiger partial charge in [-0.25, -0.2) is 4.79 Å². The number of carbonyl (C=O) groups is 1.